The first-order valence-corrected chi connectivity index (χ1v) is 8.71. The van der Waals surface area contributed by atoms with Crippen LogP contribution in [0.3, 0.4) is 0 Å². The van der Waals surface area contributed by atoms with Crippen molar-refractivity contribution in [3.05, 3.63) is 59.2 Å². The number of ether oxygens (including phenoxy) is 1. The van der Waals surface area contributed by atoms with Gasteiger partial charge in [-0.15, -0.1) is 5.10 Å². The molecule has 1 aliphatic rings. The molecule has 1 N–H and O–H groups in total. The smallest absolute Gasteiger partial charge is 0.252 e. The summed E-state index contributed by atoms with van der Waals surface area (Å²) in [4.78, 5) is 6.76. The monoisotopic (exact) mass is 367 g/mol. The lowest BCUT2D eigenvalue weighted by Crippen LogP contribution is -2.26. The van der Waals surface area contributed by atoms with Gasteiger partial charge in [0, 0.05) is 16.8 Å². The largest absolute Gasteiger partial charge is 0.495 e. The molecule has 3 aromatic rings. The average Bonchev–Trinajstić information content (AvgIpc) is 2.98. The number of para-hydroxylation sites is 1. The van der Waals surface area contributed by atoms with E-state index in [1.54, 1.807) is 31.5 Å². The van der Waals surface area contributed by atoms with Crippen LogP contribution >= 0.6 is 11.6 Å². The number of halogens is 1. The summed E-state index contributed by atoms with van der Waals surface area (Å²) in [6.07, 6.45) is 2.54. The summed E-state index contributed by atoms with van der Waals surface area (Å²) < 4.78 is 5.37. The standard InChI is InChI=1S/C19H18ClN5O/c1-12-9-13-5-3-4-6-16(13)25(12)19-23-18(11-21-24-19)22-15-10-14(20)7-8-17(15)26-2/h3-8,10-12H,9H2,1-2H3,(H,22,23,24). The van der Waals surface area contributed by atoms with Crippen molar-refractivity contribution < 1.29 is 4.74 Å². The van der Waals surface area contributed by atoms with Gasteiger partial charge in [-0.25, -0.2) is 0 Å². The van der Waals surface area contributed by atoms with Gasteiger partial charge in [0.25, 0.3) is 5.95 Å². The molecule has 0 radical (unpaired) electrons. The molecule has 1 atom stereocenters. The van der Waals surface area contributed by atoms with Gasteiger partial charge in [0.15, 0.2) is 5.82 Å². The summed E-state index contributed by atoms with van der Waals surface area (Å²) in [7, 11) is 1.61. The second kappa shape index (κ2) is 6.80. The van der Waals surface area contributed by atoms with Crippen LogP contribution in [0.25, 0.3) is 0 Å². The van der Waals surface area contributed by atoms with Crippen molar-refractivity contribution in [2.24, 2.45) is 0 Å². The van der Waals surface area contributed by atoms with E-state index in [2.05, 4.69) is 50.5 Å². The van der Waals surface area contributed by atoms with Gasteiger partial charge in [-0.05, 0) is 43.2 Å². The molecule has 2 aromatic carbocycles. The minimum Gasteiger partial charge on any atom is -0.495 e. The number of hydrogen-bond acceptors (Lipinski definition) is 6. The normalized spacial score (nSPS) is 15.7. The first-order chi connectivity index (χ1) is 12.7. The Morgan fingerprint density at radius 3 is 2.92 bits per heavy atom. The van der Waals surface area contributed by atoms with E-state index >= 15 is 0 Å². The lowest BCUT2D eigenvalue weighted by molar-refractivity contribution is 0.417. The highest BCUT2D eigenvalue weighted by atomic mass is 35.5. The highest BCUT2D eigenvalue weighted by molar-refractivity contribution is 6.31. The van der Waals surface area contributed by atoms with Crippen molar-refractivity contribution in [1.29, 1.82) is 0 Å². The molecule has 1 unspecified atom stereocenters. The molecule has 4 rings (SSSR count). The van der Waals surface area contributed by atoms with E-state index in [0.29, 0.717) is 22.5 Å². The van der Waals surface area contributed by atoms with Crippen LogP contribution in [0.5, 0.6) is 5.75 Å². The molecule has 0 spiro atoms. The van der Waals surface area contributed by atoms with Crippen molar-refractivity contribution in [2.75, 3.05) is 17.3 Å². The number of aromatic nitrogens is 3. The van der Waals surface area contributed by atoms with Gasteiger partial charge in [0.1, 0.15) is 5.75 Å². The second-order valence-corrected chi connectivity index (χ2v) is 6.60. The van der Waals surface area contributed by atoms with Gasteiger partial charge >= 0.3 is 0 Å². The molecule has 7 heteroatoms. The third kappa shape index (κ3) is 3.04. The lowest BCUT2D eigenvalue weighted by Gasteiger charge is -2.22. The van der Waals surface area contributed by atoms with Gasteiger partial charge in [-0.1, -0.05) is 29.8 Å². The Balaban J connectivity index is 1.67. The lowest BCUT2D eigenvalue weighted by atomic mass is 10.1. The first-order valence-electron chi connectivity index (χ1n) is 8.33. The van der Waals surface area contributed by atoms with E-state index < -0.39 is 0 Å². The quantitative estimate of drug-likeness (QED) is 0.739. The predicted octanol–water partition coefficient (Wildman–Crippen LogP) is 4.36. The number of fused-ring (bicyclic) bond motifs is 1. The minimum atomic E-state index is 0.269. The van der Waals surface area contributed by atoms with Gasteiger partial charge in [0.05, 0.1) is 19.0 Å². The molecule has 1 aromatic heterocycles. The van der Waals surface area contributed by atoms with Crippen LogP contribution in [-0.2, 0) is 6.42 Å². The topological polar surface area (TPSA) is 63.2 Å². The van der Waals surface area contributed by atoms with E-state index in [1.165, 1.54) is 5.56 Å². The summed E-state index contributed by atoms with van der Waals surface area (Å²) in [6.45, 7) is 2.16. The Hall–Kier alpha value is -2.86. The third-order valence-corrected chi connectivity index (χ3v) is 4.63. The zero-order valence-corrected chi connectivity index (χ0v) is 15.2. The van der Waals surface area contributed by atoms with Crippen molar-refractivity contribution in [1.82, 2.24) is 15.2 Å². The van der Waals surface area contributed by atoms with E-state index in [0.717, 1.165) is 17.8 Å². The van der Waals surface area contributed by atoms with Crippen LogP contribution in [0.15, 0.2) is 48.7 Å². The number of rotatable bonds is 4. The second-order valence-electron chi connectivity index (χ2n) is 6.16. The Bertz CT molecular complexity index is 949. The SMILES string of the molecule is COc1ccc(Cl)cc1Nc1cnnc(N2c3ccccc3CC2C)n1. The van der Waals surface area contributed by atoms with Gasteiger partial charge in [-0.2, -0.15) is 10.1 Å². The van der Waals surface area contributed by atoms with E-state index in [4.69, 9.17) is 16.3 Å². The number of hydrogen-bond donors (Lipinski definition) is 1. The Kier molecular flexibility index (Phi) is 4.34. The number of methoxy groups -OCH3 is 1. The molecule has 2 heterocycles. The summed E-state index contributed by atoms with van der Waals surface area (Å²) in [5, 5.41) is 12.2. The molecule has 0 aliphatic carbocycles. The molecule has 26 heavy (non-hydrogen) atoms. The van der Waals surface area contributed by atoms with Crippen molar-refractivity contribution in [3.8, 4) is 5.75 Å². The Morgan fingerprint density at radius 2 is 2.08 bits per heavy atom. The molecule has 0 bridgehead atoms. The fraction of sp³-hybridized carbons (Fsp3) is 0.211. The van der Waals surface area contributed by atoms with E-state index in [9.17, 15) is 0 Å². The molecule has 0 amide bonds. The zero-order valence-electron chi connectivity index (χ0n) is 14.5. The molecular weight excluding hydrogens is 350 g/mol. The van der Waals surface area contributed by atoms with Crippen LogP contribution in [0.4, 0.5) is 23.1 Å². The van der Waals surface area contributed by atoms with Crippen LogP contribution in [0.2, 0.25) is 5.02 Å². The fourth-order valence-corrected chi connectivity index (χ4v) is 3.41. The summed E-state index contributed by atoms with van der Waals surface area (Å²) in [5.74, 6) is 1.81. The first kappa shape index (κ1) is 16.6. The number of nitrogens with one attached hydrogen (secondary N) is 1. The van der Waals surface area contributed by atoms with Gasteiger partial charge in [0.2, 0.25) is 0 Å². The minimum absolute atomic E-state index is 0.269. The molecule has 1 aliphatic heterocycles. The Labute approximate surface area is 156 Å². The van der Waals surface area contributed by atoms with Crippen molar-refractivity contribution in [2.45, 2.75) is 19.4 Å². The Morgan fingerprint density at radius 1 is 1.23 bits per heavy atom. The zero-order chi connectivity index (χ0) is 18.1. The molecular formula is C19H18ClN5O. The summed E-state index contributed by atoms with van der Waals surface area (Å²) in [6, 6.07) is 13.9. The third-order valence-electron chi connectivity index (χ3n) is 4.39. The highest BCUT2D eigenvalue weighted by Gasteiger charge is 2.29. The van der Waals surface area contributed by atoms with Gasteiger partial charge in [-0.3, -0.25) is 0 Å². The van der Waals surface area contributed by atoms with Crippen LogP contribution in [0, 0.1) is 0 Å². The predicted molar refractivity (Wildman–Crippen MR) is 103 cm³/mol. The number of benzene rings is 2. The maximum absolute atomic E-state index is 6.10. The molecule has 0 saturated carbocycles. The highest BCUT2D eigenvalue weighted by Crippen LogP contribution is 2.37. The fourth-order valence-electron chi connectivity index (χ4n) is 3.24. The summed E-state index contributed by atoms with van der Waals surface area (Å²) in [5.41, 5.74) is 3.14. The van der Waals surface area contributed by atoms with Crippen molar-refractivity contribution >= 4 is 34.7 Å². The maximum atomic E-state index is 6.10. The molecule has 132 valence electrons. The molecule has 6 nitrogen and oxygen atoms in total. The van der Waals surface area contributed by atoms with Crippen LogP contribution < -0.4 is 15.0 Å². The average molecular weight is 368 g/mol. The molecule has 0 saturated heterocycles. The molecule has 0 fully saturated rings. The van der Waals surface area contributed by atoms with E-state index in [1.807, 2.05) is 6.07 Å². The van der Waals surface area contributed by atoms with Crippen LogP contribution in [0.1, 0.15) is 12.5 Å². The van der Waals surface area contributed by atoms with E-state index in [-0.39, 0.29) is 6.04 Å². The number of nitrogens with zero attached hydrogens (tertiary/aromatic N) is 4. The van der Waals surface area contributed by atoms with Crippen molar-refractivity contribution in [3.63, 3.8) is 0 Å². The summed E-state index contributed by atoms with van der Waals surface area (Å²) >= 11 is 6.10. The number of anilines is 4. The van der Waals surface area contributed by atoms with Gasteiger partial charge < -0.3 is 15.0 Å². The van der Waals surface area contributed by atoms with Crippen LogP contribution in [-0.4, -0.2) is 28.3 Å². The maximum Gasteiger partial charge on any atom is 0.252 e.